The van der Waals surface area contributed by atoms with E-state index in [0.29, 0.717) is 0 Å². The molecule has 2 aromatic heterocycles. The molecule has 3 nitrogen and oxygen atoms in total. The van der Waals surface area contributed by atoms with Gasteiger partial charge < -0.3 is 0 Å². The number of benzene rings is 2. The molecule has 4 heteroatoms. The summed E-state index contributed by atoms with van der Waals surface area (Å²) < 4.78 is 1.80. The zero-order chi connectivity index (χ0) is 19.3. The molecular weight excluding hydrogens is 364 g/mol. The van der Waals surface area contributed by atoms with Gasteiger partial charge in [-0.2, -0.15) is 0 Å². The molecule has 1 aliphatic carbocycles. The molecule has 5 rings (SSSR count). The Labute approximate surface area is 168 Å². The third-order valence-corrected chi connectivity index (χ3v) is 6.78. The summed E-state index contributed by atoms with van der Waals surface area (Å²) in [5.41, 5.74) is 5.51. The molecule has 0 saturated carbocycles. The molecule has 2 aromatic carbocycles. The highest BCUT2D eigenvalue weighted by Gasteiger charge is 2.23. The van der Waals surface area contributed by atoms with Gasteiger partial charge in [0.05, 0.1) is 11.1 Å². The van der Waals surface area contributed by atoms with Crippen molar-refractivity contribution in [2.24, 2.45) is 0 Å². The monoisotopic (exact) mass is 386 g/mol. The van der Waals surface area contributed by atoms with E-state index < -0.39 is 0 Å². The molecule has 0 spiro atoms. The fraction of sp³-hybridized carbons (Fsp3) is 0.250. The Morgan fingerprint density at radius 2 is 1.54 bits per heavy atom. The topological polar surface area (TPSA) is 34.9 Å². The van der Waals surface area contributed by atoms with Crippen LogP contribution in [0, 0.1) is 13.8 Å². The molecule has 1 aliphatic rings. The predicted molar refractivity (Wildman–Crippen MR) is 117 cm³/mol. The average Bonchev–Trinajstić information content (AvgIpc) is 3.08. The van der Waals surface area contributed by atoms with Gasteiger partial charge in [-0.1, -0.05) is 47.5 Å². The van der Waals surface area contributed by atoms with Gasteiger partial charge in [-0.3, -0.25) is 9.36 Å². The van der Waals surface area contributed by atoms with E-state index in [1.54, 1.807) is 15.9 Å². The van der Waals surface area contributed by atoms with Gasteiger partial charge >= 0.3 is 0 Å². The largest absolute Gasteiger partial charge is 0.268 e. The van der Waals surface area contributed by atoms with Crippen LogP contribution in [0.4, 0.5) is 0 Å². The maximum Gasteiger partial charge on any atom is 0.267 e. The van der Waals surface area contributed by atoms with E-state index in [9.17, 15) is 4.79 Å². The smallest absolute Gasteiger partial charge is 0.267 e. The fourth-order valence-corrected chi connectivity index (χ4v) is 5.29. The maximum atomic E-state index is 13.7. The van der Waals surface area contributed by atoms with Crippen molar-refractivity contribution in [2.45, 2.75) is 39.5 Å². The number of aryl methyl sites for hydroxylation is 4. The van der Waals surface area contributed by atoms with Crippen LogP contribution in [0.15, 0.2) is 53.3 Å². The number of thiophene rings is 1. The summed E-state index contributed by atoms with van der Waals surface area (Å²) in [6.07, 6.45) is 4.42. The molecule has 0 radical (unpaired) electrons. The van der Waals surface area contributed by atoms with Crippen molar-refractivity contribution in [3.05, 3.63) is 80.5 Å². The summed E-state index contributed by atoms with van der Waals surface area (Å²) in [6, 6.07) is 16.4. The predicted octanol–water partition coefficient (Wildman–Crippen LogP) is 5.61. The zero-order valence-corrected chi connectivity index (χ0v) is 17.0. The lowest BCUT2D eigenvalue weighted by molar-refractivity contribution is 0.699. The third-order valence-electron chi connectivity index (χ3n) is 5.59. The van der Waals surface area contributed by atoms with E-state index in [1.165, 1.54) is 28.0 Å². The minimum atomic E-state index is 0.0591. The summed E-state index contributed by atoms with van der Waals surface area (Å²) in [6.45, 7) is 4.13. The van der Waals surface area contributed by atoms with Crippen LogP contribution < -0.4 is 5.56 Å². The lowest BCUT2D eigenvalue weighted by Crippen LogP contribution is -2.22. The van der Waals surface area contributed by atoms with Crippen LogP contribution in [0.1, 0.15) is 34.4 Å². The van der Waals surface area contributed by atoms with Gasteiger partial charge in [0.2, 0.25) is 0 Å². The molecule has 140 valence electrons. The van der Waals surface area contributed by atoms with Crippen LogP contribution in [-0.2, 0) is 12.8 Å². The van der Waals surface area contributed by atoms with Crippen molar-refractivity contribution >= 4 is 21.6 Å². The van der Waals surface area contributed by atoms with Crippen molar-refractivity contribution in [3.8, 4) is 17.1 Å². The average molecular weight is 387 g/mol. The van der Waals surface area contributed by atoms with E-state index in [1.807, 2.05) is 24.3 Å². The minimum Gasteiger partial charge on any atom is -0.268 e. The Hall–Kier alpha value is -2.72. The number of rotatable bonds is 2. The lowest BCUT2D eigenvalue weighted by atomic mass is 9.97. The molecule has 0 atom stereocenters. The first kappa shape index (κ1) is 17.4. The number of aromatic nitrogens is 2. The van der Waals surface area contributed by atoms with E-state index in [2.05, 4.69) is 38.1 Å². The molecule has 0 N–H and O–H groups in total. The van der Waals surface area contributed by atoms with Gasteiger partial charge in [0.1, 0.15) is 10.7 Å². The second-order valence-corrected chi connectivity index (χ2v) is 8.75. The van der Waals surface area contributed by atoms with Crippen molar-refractivity contribution < 1.29 is 0 Å². The first-order valence-electron chi connectivity index (χ1n) is 9.83. The highest BCUT2D eigenvalue weighted by Crippen LogP contribution is 2.35. The number of fused-ring (bicyclic) bond motifs is 3. The molecule has 2 heterocycles. The number of hydrogen-bond acceptors (Lipinski definition) is 3. The number of hydrogen-bond donors (Lipinski definition) is 0. The van der Waals surface area contributed by atoms with E-state index in [0.717, 1.165) is 46.6 Å². The zero-order valence-electron chi connectivity index (χ0n) is 16.2. The summed E-state index contributed by atoms with van der Waals surface area (Å²) in [7, 11) is 0. The van der Waals surface area contributed by atoms with Crippen LogP contribution >= 0.6 is 11.3 Å². The van der Waals surface area contributed by atoms with Gasteiger partial charge in [0, 0.05) is 10.4 Å². The molecule has 0 unspecified atom stereocenters. The van der Waals surface area contributed by atoms with Crippen LogP contribution in [0.5, 0.6) is 0 Å². The van der Waals surface area contributed by atoms with Crippen LogP contribution in [-0.4, -0.2) is 9.55 Å². The SMILES string of the molecule is Cc1ccc(-c2nc3sc4c(c3c(=O)n2-c2ccc(C)cc2)CCCC4)cc1. The molecule has 0 saturated heterocycles. The molecule has 0 aliphatic heterocycles. The van der Waals surface area contributed by atoms with Gasteiger partial charge in [0.25, 0.3) is 5.56 Å². The quantitative estimate of drug-likeness (QED) is 0.449. The minimum absolute atomic E-state index is 0.0591. The maximum absolute atomic E-state index is 13.7. The molecule has 0 amide bonds. The second-order valence-electron chi connectivity index (χ2n) is 7.67. The van der Waals surface area contributed by atoms with Crippen molar-refractivity contribution in [2.75, 3.05) is 0 Å². The first-order valence-corrected chi connectivity index (χ1v) is 10.6. The van der Waals surface area contributed by atoms with Crippen LogP contribution in [0.2, 0.25) is 0 Å². The highest BCUT2D eigenvalue weighted by molar-refractivity contribution is 7.18. The van der Waals surface area contributed by atoms with Gasteiger partial charge in [0.15, 0.2) is 0 Å². The molecule has 28 heavy (non-hydrogen) atoms. The third kappa shape index (κ3) is 2.80. The second kappa shape index (κ2) is 6.71. The van der Waals surface area contributed by atoms with Crippen LogP contribution in [0.25, 0.3) is 27.3 Å². The highest BCUT2D eigenvalue weighted by atomic mass is 32.1. The number of nitrogens with zero attached hydrogens (tertiary/aromatic N) is 2. The normalized spacial score (nSPS) is 13.6. The molecule has 4 aromatic rings. The van der Waals surface area contributed by atoms with Crippen molar-refractivity contribution in [1.82, 2.24) is 9.55 Å². The van der Waals surface area contributed by atoms with Gasteiger partial charge in [-0.15, -0.1) is 11.3 Å². The standard InChI is InChI=1S/C24H22N2OS/c1-15-7-11-17(12-8-15)22-25-23-21(19-5-3-4-6-20(19)28-23)24(27)26(22)18-13-9-16(2)10-14-18/h7-14H,3-6H2,1-2H3. The lowest BCUT2D eigenvalue weighted by Gasteiger charge is -2.14. The summed E-state index contributed by atoms with van der Waals surface area (Å²) in [5.74, 6) is 0.722. The van der Waals surface area contributed by atoms with Crippen molar-refractivity contribution in [1.29, 1.82) is 0 Å². The summed E-state index contributed by atoms with van der Waals surface area (Å²) in [5, 5.41) is 0.830. The molecule has 0 fully saturated rings. The summed E-state index contributed by atoms with van der Waals surface area (Å²) in [4.78, 5) is 21.0. The Kier molecular flexibility index (Phi) is 4.17. The Morgan fingerprint density at radius 3 is 2.25 bits per heavy atom. The summed E-state index contributed by atoms with van der Waals surface area (Å²) >= 11 is 1.71. The van der Waals surface area contributed by atoms with E-state index in [-0.39, 0.29) is 5.56 Å². The Bertz CT molecular complexity index is 1230. The van der Waals surface area contributed by atoms with Gasteiger partial charge in [-0.05, 0) is 57.2 Å². The molecular formula is C24H22N2OS. The van der Waals surface area contributed by atoms with E-state index >= 15 is 0 Å². The first-order chi connectivity index (χ1) is 13.6. The molecule has 0 bridgehead atoms. The van der Waals surface area contributed by atoms with E-state index in [4.69, 9.17) is 4.98 Å². The van der Waals surface area contributed by atoms with Gasteiger partial charge in [-0.25, -0.2) is 4.98 Å². The van der Waals surface area contributed by atoms with Crippen molar-refractivity contribution in [3.63, 3.8) is 0 Å². The van der Waals surface area contributed by atoms with Crippen LogP contribution in [0.3, 0.4) is 0 Å². The Morgan fingerprint density at radius 1 is 0.893 bits per heavy atom. The Balaban J connectivity index is 1.86. The fourth-order valence-electron chi connectivity index (χ4n) is 4.03.